The Hall–Kier alpha value is -1.53. The molecule has 164 valence electrons. The van der Waals surface area contributed by atoms with E-state index >= 15 is 0 Å². The van der Waals surface area contributed by atoms with Crippen LogP contribution < -0.4 is 10.6 Å². The zero-order valence-electron chi connectivity index (χ0n) is 16.8. The first-order valence-electron chi connectivity index (χ1n) is 9.82. The fraction of sp³-hybridized carbons (Fsp3) is 0.632. The number of carbonyl (C=O) groups is 3. The number of nitrogens with one attached hydrogen (secondary N) is 2. The molecule has 0 aromatic carbocycles. The average molecular weight is 456 g/mol. The number of hydrogen-bond acceptors (Lipinski definition) is 10. The molecular weight excluding hydrogens is 430 g/mol. The van der Waals surface area contributed by atoms with Gasteiger partial charge in [-0.1, -0.05) is 21.6 Å². The molecule has 3 aliphatic heterocycles. The second-order valence-corrected chi connectivity index (χ2v) is 10.4. The van der Waals surface area contributed by atoms with Crippen LogP contribution in [0.1, 0.15) is 13.3 Å². The van der Waals surface area contributed by atoms with E-state index in [0.29, 0.717) is 41.4 Å². The molecule has 9 nitrogen and oxygen atoms in total. The maximum absolute atomic E-state index is 13.4. The first kappa shape index (κ1) is 21.7. The number of carbonyl (C=O) groups excluding carboxylic acids is 2. The van der Waals surface area contributed by atoms with Gasteiger partial charge >= 0.3 is 5.97 Å². The summed E-state index contributed by atoms with van der Waals surface area (Å²) in [5, 5.41) is 25.2. The number of allylic oxidation sites excluding steroid dienone is 2. The fourth-order valence-corrected chi connectivity index (χ4v) is 6.71. The highest BCUT2D eigenvalue weighted by atomic mass is 33.1. The quantitative estimate of drug-likeness (QED) is 0.150. The van der Waals surface area contributed by atoms with Crippen LogP contribution in [0.15, 0.2) is 22.5 Å². The molecule has 30 heavy (non-hydrogen) atoms. The molecule has 0 spiro atoms. The van der Waals surface area contributed by atoms with Crippen molar-refractivity contribution in [1.29, 1.82) is 0 Å². The molecule has 4 rings (SSSR count). The minimum absolute atomic E-state index is 0.0122. The van der Waals surface area contributed by atoms with Crippen LogP contribution in [0.3, 0.4) is 0 Å². The van der Waals surface area contributed by atoms with Crippen molar-refractivity contribution < 1.29 is 29.3 Å². The van der Waals surface area contributed by atoms with Crippen LogP contribution in [-0.4, -0.2) is 88.8 Å². The van der Waals surface area contributed by atoms with Crippen molar-refractivity contribution >= 4 is 39.1 Å². The summed E-state index contributed by atoms with van der Waals surface area (Å²) in [7, 11) is 4.54. The van der Waals surface area contributed by atoms with Gasteiger partial charge < -0.3 is 30.5 Å². The molecule has 4 aliphatic rings. The summed E-state index contributed by atoms with van der Waals surface area (Å²) >= 11 is 0. The molecule has 4 atom stereocenters. The van der Waals surface area contributed by atoms with Gasteiger partial charge in [0.05, 0.1) is 36.4 Å². The molecule has 2 fully saturated rings. The van der Waals surface area contributed by atoms with Crippen LogP contribution in [0.25, 0.3) is 0 Å². The SMILES string of the molecule is CO[C@@]12[C@H](CO)C3=C(C(=O)C(C)=C(NCCSSCCC(=O)O)C3=O)N1C[C@@H]1N[C@@H]12. The highest BCUT2D eigenvalue weighted by molar-refractivity contribution is 8.76. The van der Waals surface area contributed by atoms with E-state index < -0.39 is 17.6 Å². The Kier molecular flexibility index (Phi) is 5.92. The van der Waals surface area contributed by atoms with Crippen molar-refractivity contribution in [3.63, 3.8) is 0 Å². The number of carboxylic acids is 1. The van der Waals surface area contributed by atoms with E-state index in [-0.39, 0.29) is 42.4 Å². The number of rotatable bonds is 10. The van der Waals surface area contributed by atoms with Gasteiger partial charge in [0.1, 0.15) is 0 Å². The van der Waals surface area contributed by atoms with E-state index in [1.165, 1.54) is 21.6 Å². The van der Waals surface area contributed by atoms with Gasteiger partial charge in [0, 0.05) is 48.9 Å². The fourth-order valence-electron chi connectivity index (χ4n) is 4.82. The van der Waals surface area contributed by atoms with Crippen LogP contribution in [-0.2, 0) is 19.1 Å². The highest BCUT2D eigenvalue weighted by Crippen LogP contribution is 2.55. The summed E-state index contributed by atoms with van der Waals surface area (Å²) in [5.74, 6) is -0.709. The minimum Gasteiger partial charge on any atom is -0.481 e. The van der Waals surface area contributed by atoms with Gasteiger partial charge in [-0.3, -0.25) is 14.4 Å². The molecular formula is C19H25N3O6S2. The third kappa shape index (κ3) is 3.18. The molecule has 0 aromatic heterocycles. The summed E-state index contributed by atoms with van der Waals surface area (Å²) in [6.07, 6.45) is 0.107. The second-order valence-electron chi connectivity index (χ2n) is 7.69. The van der Waals surface area contributed by atoms with Crippen molar-refractivity contribution in [2.24, 2.45) is 5.92 Å². The molecule has 2 saturated heterocycles. The summed E-state index contributed by atoms with van der Waals surface area (Å²) in [4.78, 5) is 39.0. The van der Waals surface area contributed by atoms with Crippen molar-refractivity contribution in [3.05, 3.63) is 22.5 Å². The second kappa shape index (κ2) is 8.19. The number of aliphatic carboxylic acids is 1. The normalized spacial score (nSPS) is 31.8. The number of hydrogen-bond donors (Lipinski definition) is 4. The number of piperazine rings is 1. The lowest BCUT2D eigenvalue weighted by Crippen LogP contribution is -2.54. The molecule has 0 saturated carbocycles. The first-order chi connectivity index (χ1) is 14.4. The third-order valence-electron chi connectivity index (χ3n) is 6.19. The van der Waals surface area contributed by atoms with E-state index in [4.69, 9.17) is 9.84 Å². The maximum Gasteiger partial charge on any atom is 0.304 e. The van der Waals surface area contributed by atoms with Gasteiger partial charge in [-0.2, -0.15) is 0 Å². The maximum atomic E-state index is 13.4. The number of ketones is 2. The Morgan fingerprint density at radius 3 is 2.73 bits per heavy atom. The zero-order valence-corrected chi connectivity index (χ0v) is 18.4. The number of carboxylic acid groups (broad SMARTS) is 1. The smallest absolute Gasteiger partial charge is 0.304 e. The molecule has 4 N–H and O–H groups in total. The minimum atomic E-state index is -0.901. The van der Waals surface area contributed by atoms with Crippen molar-refractivity contribution in [1.82, 2.24) is 15.5 Å². The average Bonchev–Trinajstić information content (AvgIpc) is 3.33. The Balaban J connectivity index is 1.46. The van der Waals surface area contributed by atoms with Gasteiger partial charge in [0.15, 0.2) is 5.72 Å². The Labute approximate surface area is 182 Å². The number of Topliss-reactive ketones (excluding diaryl/α,β-unsaturated/α-hetero) is 2. The lowest BCUT2D eigenvalue weighted by molar-refractivity contribution is -0.137. The molecule has 0 amide bonds. The van der Waals surface area contributed by atoms with Gasteiger partial charge in [-0.15, -0.1) is 0 Å². The number of fused-ring (bicyclic) bond motifs is 4. The largest absolute Gasteiger partial charge is 0.481 e. The van der Waals surface area contributed by atoms with E-state index in [2.05, 4.69) is 10.6 Å². The zero-order chi connectivity index (χ0) is 21.6. The van der Waals surface area contributed by atoms with Gasteiger partial charge in [0.25, 0.3) is 0 Å². The Bertz CT molecular complexity index is 859. The summed E-state index contributed by atoms with van der Waals surface area (Å²) in [6.45, 7) is 2.41. The monoisotopic (exact) mass is 455 g/mol. The van der Waals surface area contributed by atoms with E-state index in [0.717, 1.165) is 0 Å². The molecule has 0 radical (unpaired) electrons. The Morgan fingerprint density at radius 2 is 2.07 bits per heavy atom. The van der Waals surface area contributed by atoms with Crippen LogP contribution in [0, 0.1) is 5.92 Å². The number of nitrogens with zero attached hydrogens (tertiary/aromatic N) is 1. The molecule has 3 heterocycles. The number of aliphatic hydroxyl groups is 1. The lowest BCUT2D eigenvalue weighted by atomic mass is 9.82. The predicted octanol–water partition coefficient (Wildman–Crippen LogP) is -0.267. The molecule has 11 heteroatoms. The lowest BCUT2D eigenvalue weighted by Gasteiger charge is -2.39. The van der Waals surface area contributed by atoms with E-state index in [9.17, 15) is 19.5 Å². The Morgan fingerprint density at radius 1 is 1.33 bits per heavy atom. The van der Waals surface area contributed by atoms with Gasteiger partial charge in [-0.25, -0.2) is 0 Å². The number of aliphatic hydroxyl groups excluding tert-OH is 1. The summed E-state index contributed by atoms with van der Waals surface area (Å²) < 4.78 is 5.86. The number of methoxy groups -OCH3 is 1. The summed E-state index contributed by atoms with van der Waals surface area (Å²) in [5.41, 5.74) is 0.465. The third-order valence-corrected chi connectivity index (χ3v) is 8.60. The van der Waals surface area contributed by atoms with Crippen LogP contribution in [0.5, 0.6) is 0 Å². The van der Waals surface area contributed by atoms with Crippen molar-refractivity contribution in [3.8, 4) is 0 Å². The molecule has 0 bridgehead atoms. The van der Waals surface area contributed by atoms with Gasteiger partial charge in [-0.05, 0) is 6.92 Å². The molecule has 0 aromatic rings. The van der Waals surface area contributed by atoms with Crippen LogP contribution in [0.4, 0.5) is 0 Å². The van der Waals surface area contributed by atoms with Gasteiger partial charge in [0.2, 0.25) is 11.6 Å². The topological polar surface area (TPSA) is 138 Å². The first-order valence-corrected chi connectivity index (χ1v) is 12.3. The standard InChI is InChI=1S/C19H25N3O6S2/c1-9-14(20-4-6-30-29-5-3-12(24)25)17(27)13-10(8-23)19(28-2)18-11(21-18)7-22(19)15(13)16(9)26/h10-11,18,20-21,23H,3-8H2,1-2H3,(H,24,25)/t10-,11+,18+,19-/m1/s1. The van der Waals surface area contributed by atoms with Crippen molar-refractivity contribution in [2.75, 3.05) is 38.3 Å². The van der Waals surface area contributed by atoms with Crippen LogP contribution in [0.2, 0.25) is 0 Å². The summed E-state index contributed by atoms with van der Waals surface area (Å²) in [6, 6.07) is 0.192. The molecule has 1 aliphatic carbocycles. The predicted molar refractivity (Wildman–Crippen MR) is 113 cm³/mol. The van der Waals surface area contributed by atoms with E-state index in [1.807, 2.05) is 4.90 Å². The van der Waals surface area contributed by atoms with E-state index in [1.54, 1.807) is 14.0 Å². The van der Waals surface area contributed by atoms with Crippen LogP contribution >= 0.6 is 21.6 Å². The highest BCUT2D eigenvalue weighted by Gasteiger charge is 2.72. The number of ether oxygens (including phenoxy) is 1. The molecule has 0 unspecified atom stereocenters. The van der Waals surface area contributed by atoms with Crippen molar-refractivity contribution in [2.45, 2.75) is 31.2 Å².